The molecule has 2 heterocycles. The van der Waals surface area contributed by atoms with E-state index in [1.54, 1.807) is 0 Å². The topological polar surface area (TPSA) is 52.3 Å². The molecule has 2 aromatic rings. The van der Waals surface area contributed by atoms with Crippen molar-refractivity contribution < 1.29 is 35.2 Å². The lowest BCUT2D eigenvalue weighted by atomic mass is 10.1. The van der Waals surface area contributed by atoms with E-state index in [0.29, 0.717) is 18.6 Å². The van der Waals surface area contributed by atoms with Gasteiger partial charge in [0.1, 0.15) is 0 Å². The smallest absolute Gasteiger partial charge is 0.425 e. The Labute approximate surface area is 160 Å². The van der Waals surface area contributed by atoms with E-state index >= 15 is 0 Å². The summed E-state index contributed by atoms with van der Waals surface area (Å²) in [5.41, 5.74) is 5.51. The molecule has 0 unspecified atom stereocenters. The van der Waals surface area contributed by atoms with Gasteiger partial charge in [-0.05, 0) is 47.6 Å². The molecule has 0 saturated heterocycles. The molecule has 0 spiro atoms. The molecular formula is C18H26BrN2O3P. The average Bonchev–Trinajstić information content (AvgIpc) is 2.46. The first-order chi connectivity index (χ1) is 11.3. The first kappa shape index (κ1) is 22.0. The number of rotatable bonds is 6. The van der Waals surface area contributed by atoms with Crippen LogP contribution in [0.15, 0.2) is 24.7 Å². The van der Waals surface area contributed by atoms with Crippen LogP contribution in [0.2, 0.25) is 0 Å². The summed E-state index contributed by atoms with van der Waals surface area (Å²) in [5, 5.41) is 0. The summed E-state index contributed by atoms with van der Waals surface area (Å²) < 4.78 is 26.7. The molecule has 0 N–H and O–H groups in total. The van der Waals surface area contributed by atoms with Gasteiger partial charge >= 0.3 is 13.0 Å². The molecule has 138 valence electrons. The maximum Gasteiger partial charge on any atom is 0.425 e. The molecule has 5 nitrogen and oxygen atoms in total. The summed E-state index contributed by atoms with van der Waals surface area (Å²) >= 11 is 0. The number of nitrogens with zero attached hydrogens (tertiary/aromatic N) is 2. The zero-order valence-electron chi connectivity index (χ0n) is 15.7. The lowest BCUT2D eigenvalue weighted by Crippen LogP contribution is -3.00. The Kier molecular flexibility index (Phi) is 7.94. The van der Waals surface area contributed by atoms with Crippen LogP contribution in [0.3, 0.4) is 0 Å². The van der Waals surface area contributed by atoms with Gasteiger partial charge < -0.3 is 26.0 Å². The quantitative estimate of drug-likeness (QED) is 0.496. The number of hydrogen-bond acceptors (Lipinski definition) is 4. The van der Waals surface area contributed by atoms with E-state index in [0.717, 1.165) is 27.9 Å². The van der Waals surface area contributed by atoms with Gasteiger partial charge in [0, 0.05) is 34.6 Å². The lowest BCUT2D eigenvalue weighted by molar-refractivity contribution is -0.579. The van der Waals surface area contributed by atoms with Crippen molar-refractivity contribution in [3.63, 3.8) is 0 Å². The largest absolute Gasteiger partial charge is 1.00 e. The van der Waals surface area contributed by atoms with Crippen LogP contribution in [0.5, 0.6) is 0 Å². The maximum atomic E-state index is 13.5. The van der Waals surface area contributed by atoms with Gasteiger partial charge in [-0.1, -0.05) is 0 Å². The van der Waals surface area contributed by atoms with Crippen LogP contribution in [0.4, 0.5) is 0 Å². The molecule has 0 amide bonds. The van der Waals surface area contributed by atoms with Crippen LogP contribution in [-0.4, -0.2) is 18.2 Å². The molecule has 0 radical (unpaired) electrons. The Balaban J connectivity index is 0.00000312. The van der Waals surface area contributed by atoms with Gasteiger partial charge in [0.15, 0.2) is 6.20 Å². The third-order valence-electron chi connectivity index (χ3n) is 3.74. The fraction of sp³-hybridized carbons (Fsp3) is 0.444. The number of aryl methyl sites for hydroxylation is 4. The zero-order valence-corrected chi connectivity index (χ0v) is 18.1. The average molecular weight is 429 g/mol. The number of hydrogen-bond donors (Lipinski definition) is 0. The van der Waals surface area contributed by atoms with Gasteiger partial charge in [0.25, 0.3) is 0 Å². The van der Waals surface area contributed by atoms with Crippen LogP contribution in [0, 0.1) is 27.7 Å². The Morgan fingerprint density at radius 2 is 1.52 bits per heavy atom. The molecule has 0 atom stereocenters. The summed E-state index contributed by atoms with van der Waals surface area (Å²) in [6.07, 6.45) is 5.59. The van der Waals surface area contributed by atoms with Crippen LogP contribution in [0.1, 0.15) is 36.1 Å². The predicted octanol–water partition coefficient (Wildman–Crippen LogP) is 0.487. The predicted molar refractivity (Wildman–Crippen MR) is 95.2 cm³/mol. The lowest BCUT2D eigenvalue weighted by Gasteiger charge is -2.18. The Bertz CT molecular complexity index is 766. The minimum atomic E-state index is -3.43. The summed E-state index contributed by atoms with van der Waals surface area (Å²) in [7, 11) is -3.43. The molecule has 0 aliphatic rings. The van der Waals surface area contributed by atoms with Gasteiger partial charge in [-0.3, -0.25) is 4.98 Å². The van der Waals surface area contributed by atoms with E-state index in [1.807, 2.05) is 70.8 Å². The second-order valence-corrected chi connectivity index (χ2v) is 7.78. The van der Waals surface area contributed by atoms with Crippen molar-refractivity contribution in [3.8, 4) is 5.69 Å². The van der Waals surface area contributed by atoms with Crippen molar-refractivity contribution in [2.45, 2.75) is 41.5 Å². The molecule has 0 saturated carbocycles. The van der Waals surface area contributed by atoms with E-state index in [9.17, 15) is 4.57 Å². The highest BCUT2D eigenvalue weighted by molar-refractivity contribution is 7.61. The monoisotopic (exact) mass is 428 g/mol. The standard InChI is InChI=1S/C18H26N2O3P.BrH/c1-7-22-24(21,23-8-2)18-14(4)9-13(3)12-20(18)17-15(5)10-19-11-16(17)6;/h9-12H,7-8H2,1-6H3;1H/q+1;/p-1. The highest BCUT2D eigenvalue weighted by Gasteiger charge is 2.40. The molecule has 2 aromatic heterocycles. The van der Waals surface area contributed by atoms with E-state index in [1.165, 1.54) is 0 Å². The normalized spacial score (nSPS) is 11.3. The summed E-state index contributed by atoms with van der Waals surface area (Å²) in [5.74, 6) is 0. The van der Waals surface area contributed by atoms with Crippen LogP contribution in [-0.2, 0) is 13.6 Å². The van der Waals surface area contributed by atoms with Gasteiger partial charge in [-0.15, -0.1) is 0 Å². The van der Waals surface area contributed by atoms with E-state index in [4.69, 9.17) is 9.05 Å². The van der Waals surface area contributed by atoms with Gasteiger partial charge in [-0.25, -0.2) is 4.57 Å². The minimum Gasteiger partial charge on any atom is -1.00 e. The van der Waals surface area contributed by atoms with Crippen molar-refractivity contribution in [1.29, 1.82) is 0 Å². The highest BCUT2D eigenvalue weighted by atomic mass is 79.9. The SMILES string of the molecule is CCOP(=O)(OCC)c1c(C)cc(C)c[n+]1-c1c(C)cncc1C.[Br-]. The van der Waals surface area contributed by atoms with Crippen LogP contribution in [0.25, 0.3) is 5.69 Å². The first-order valence-electron chi connectivity index (χ1n) is 8.18. The summed E-state index contributed by atoms with van der Waals surface area (Å²) in [4.78, 5) is 4.23. The molecule has 0 aliphatic carbocycles. The van der Waals surface area contributed by atoms with Crippen molar-refractivity contribution in [2.75, 3.05) is 13.2 Å². The van der Waals surface area contributed by atoms with Crippen molar-refractivity contribution in [1.82, 2.24) is 4.98 Å². The molecule has 25 heavy (non-hydrogen) atoms. The maximum absolute atomic E-state index is 13.5. The summed E-state index contributed by atoms with van der Waals surface area (Å²) in [6.45, 7) is 12.2. The Hall–Kier alpha value is -1.07. The number of aromatic nitrogens is 2. The fourth-order valence-corrected chi connectivity index (χ4v) is 4.91. The van der Waals surface area contributed by atoms with Crippen molar-refractivity contribution >= 4 is 13.0 Å². The van der Waals surface area contributed by atoms with Crippen molar-refractivity contribution in [3.05, 3.63) is 46.9 Å². The second kappa shape index (κ2) is 9.04. The molecular weight excluding hydrogens is 403 g/mol. The molecule has 7 heteroatoms. The Morgan fingerprint density at radius 3 is 2.00 bits per heavy atom. The number of halogens is 1. The van der Waals surface area contributed by atoms with Gasteiger partial charge in [0.05, 0.1) is 13.2 Å². The van der Waals surface area contributed by atoms with E-state index < -0.39 is 7.60 Å². The van der Waals surface area contributed by atoms with E-state index in [2.05, 4.69) is 4.98 Å². The highest BCUT2D eigenvalue weighted by Crippen LogP contribution is 2.46. The van der Waals surface area contributed by atoms with Crippen LogP contribution < -0.4 is 27.0 Å². The third kappa shape index (κ3) is 4.56. The molecule has 0 aliphatic heterocycles. The van der Waals surface area contributed by atoms with Gasteiger partial charge in [0.2, 0.25) is 5.69 Å². The van der Waals surface area contributed by atoms with Crippen LogP contribution >= 0.6 is 7.60 Å². The number of pyridine rings is 2. The molecule has 0 bridgehead atoms. The second-order valence-electron chi connectivity index (χ2n) is 5.85. The molecule has 2 rings (SSSR count). The first-order valence-corrected chi connectivity index (χ1v) is 9.72. The minimum absolute atomic E-state index is 0. The summed E-state index contributed by atoms with van der Waals surface area (Å²) in [6, 6.07) is 2.00. The fourth-order valence-electron chi connectivity index (χ4n) is 2.99. The van der Waals surface area contributed by atoms with Gasteiger partial charge in [-0.2, -0.15) is 4.57 Å². The molecule has 0 aromatic carbocycles. The Morgan fingerprint density at radius 1 is 1.00 bits per heavy atom. The third-order valence-corrected chi connectivity index (χ3v) is 6.02. The van der Waals surface area contributed by atoms with E-state index in [-0.39, 0.29) is 17.0 Å². The van der Waals surface area contributed by atoms with Crippen molar-refractivity contribution in [2.24, 2.45) is 0 Å². The molecule has 0 fully saturated rings. The zero-order chi connectivity index (χ0) is 17.9.